The van der Waals surface area contributed by atoms with Crippen LogP contribution in [0.4, 0.5) is 5.69 Å². The Hall–Kier alpha value is -1.75. The molecule has 0 atom stereocenters. The first-order chi connectivity index (χ1) is 7.60. The van der Waals surface area contributed by atoms with Crippen LogP contribution in [-0.4, -0.2) is 23.3 Å². The summed E-state index contributed by atoms with van der Waals surface area (Å²) in [5.41, 5.74) is 2.82. The molecule has 0 unspecified atom stereocenters. The van der Waals surface area contributed by atoms with E-state index >= 15 is 0 Å². The topological polar surface area (TPSA) is 78.8 Å². The molecular weight excluding hydrogens is 210 g/mol. The van der Waals surface area contributed by atoms with Crippen molar-refractivity contribution < 1.29 is 19.8 Å². The maximum Gasteiger partial charge on any atom is 0.314 e. The molecule has 0 heterocycles. The van der Waals surface area contributed by atoms with Gasteiger partial charge in [0.15, 0.2) is 0 Å². The first-order valence-corrected chi connectivity index (χ1v) is 4.96. The van der Waals surface area contributed by atoms with Crippen LogP contribution in [-0.2, 0) is 15.0 Å². The maximum absolute atomic E-state index is 11.1. The molecule has 86 valence electrons. The molecule has 0 spiro atoms. The van der Waals surface area contributed by atoms with Crippen molar-refractivity contribution in [2.45, 2.75) is 18.3 Å². The van der Waals surface area contributed by atoms with Gasteiger partial charge in [-0.25, -0.2) is 0 Å². The number of hydrogen-bond donors (Lipinski definition) is 3. The molecule has 0 saturated heterocycles. The SMILES string of the molecule is CONc1cc(C2(C(=O)O)CC2)ccc1O. The van der Waals surface area contributed by atoms with Crippen LogP contribution < -0.4 is 5.48 Å². The number of carboxylic acid groups (broad SMARTS) is 1. The van der Waals surface area contributed by atoms with Crippen molar-refractivity contribution in [2.75, 3.05) is 12.6 Å². The van der Waals surface area contributed by atoms with Crippen LogP contribution in [0.2, 0.25) is 0 Å². The van der Waals surface area contributed by atoms with E-state index in [-0.39, 0.29) is 5.75 Å². The van der Waals surface area contributed by atoms with Crippen molar-refractivity contribution in [3.63, 3.8) is 0 Å². The van der Waals surface area contributed by atoms with E-state index in [4.69, 9.17) is 9.94 Å². The van der Waals surface area contributed by atoms with Crippen molar-refractivity contribution >= 4 is 11.7 Å². The Bertz CT molecular complexity index is 426. The molecule has 3 N–H and O–H groups in total. The first-order valence-electron chi connectivity index (χ1n) is 4.96. The van der Waals surface area contributed by atoms with Gasteiger partial charge < -0.3 is 10.2 Å². The Morgan fingerprint density at radius 1 is 1.50 bits per heavy atom. The van der Waals surface area contributed by atoms with E-state index in [9.17, 15) is 9.90 Å². The Morgan fingerprint density at radius 2 is 2.19 bits per heavy atom. The molecule has 1 fully saturated rings. The van der Waals surface area contributed by atoms with Gasteiger partial charge >= 0.3 is 5.97 Å². The van der Waals surface area contributed by atoms with Crippen LogP contribution in [0.25, 0.3) is 0 Å². The number of hydrogen-bond acceptors (Lipinski definition) is 4. The zero-order chi connectivity index (χ0) is 11.8. The summed E-state index contributed by atoms with van der Waals surface area (Å²) in [5, 5.41) is 18.6. The highest BCUT2D eigenvalue weighted by Crippen LogP contribution is 2.49. The van der Waals surface area contributed by atoms with Crippen molar-refractivity contribution in [2.24, 2.45) is 0 Å². The summed E-state index contributed by atoms with van der Waals surface area (Å²) in [7, 11) is 1.43. The van der Waals surface area contributed by atoms with Crippen LogP contribution in [0.5, 0.6) is 5.75 Å². The second-order valence-electron chi connectivity index (χ2n) is 3.93. The van der Waals surface area contributed by atoms with Crippen LogP contribution in [0.3, 0.4) is 0 Å². The molecule has 16 heavy (non-hydrogen) atoms. The van der Waals surface area contributed by atoms with Gasteiger partial charge in [-0.15, -0.1) is 0 Å². The van der Waals surface area contributed by atoms with Crippen LogP contribution in [0, 0.1) is 0 Å². The highest BCUT2D eigenvalue weighted by atomic mass is 16.6. The number of phenols is 1. The molecule has 0 aliphatic heterocycles. The zero-order valence-electron chi connectivity index (χ0n) is 8.86. The van der Waals surface area contributed by atoms with E-state index in [1.807, 2.05) is 0 Å². The summed E-state index contributed by atoms with van der Waals surface area (Å²) >= 11 is 0. The summed E-state index contributed by atoms with van der Waals surface area (Å²) < 4.78 is 0. The molecule has 5 nitrogen and oxygen atoms in total. The summed E-state index contributed by atoms with van der Waals surface area (Å²) in [6.45, 7) is 0. The predicted molar refractivity (Wildman–Crippen MR) is 57.3 cm³/mol. The summed E-state index contributed by atoms with van der Waals surface area (Å²) in [5.74, 6) is -0.784. The largest absolute Gasteiger partial charge is 0.506 e. The Balaban J connectivity index is 2.36. The van der Waals surface area contributed by atoms with Gasteiger partial charge in [0, 0.05) is 0 Å². The molecule has 0 aromatic heterocycles. The summed E-state index contributed by atoms with van der Waals surface area (Å²) in [6.07, 6.45) is 1.28. The number of carbonyl (C=O) groups is 1. The number of benzene rings is 1. The van der Waals surface area contributed by atoms with Crippen molar-refractivity contribution in [3.8, 4) is 5.75 Å². The van der Waals surface area contributed by atoms with Crippen LogP contribution >= 0.6 is 0 Å². The molecule has 5 heteroatoms. The third-order valence-electron chi connectivity index (χ3n) is 2.92. The average molecular weight is 223 g/mol. The Kier molecular flexibility index (Phi) is 2.47. The van der Waals surface area contributed by atoms with Crippen LogP contribution in [0.1, 0.15) is 18.4 Å². The summed E-state index contributed by atoms with van der Waals surface area (Å²) in [6, 6.07) is 4.72. The van der Waals surface area contributed by atoms with Gasteiger partial charge in [-0.05, 0) is 30.5 Å². The minimum atomic E-state index is -0.818. The van der Waals surface area contributed by atoms with Gasteiger partial charge in [0.25, 0.3) is 0 Å². The molecule has 1 aromatic rings. The molecule has 1 aliphatic rings. The number of anilines is 1. The monoisotopic (exact) mass is 223 g/mol. The molecule has 1 saturated carbocycles. The number of aromatic hydroxyl groups is 1. The average Bonchev–Trinajstić information content (AvgIpc) is 3.02. The molecule has 0 bridgehead atoms. The molecular formula is C11H13NO4. The van der Waals surface area contributed by atoms with Crippen LogP contribution in [0.15, 0.2) is 18.2 Å². The maximum atomic E-state index is 11.1. The lowest BCUT2D eigenvalue weighted by Crippen LogP contribution is -2.19. The second-order valence-corrected chi connectivity index (χ2v) is 3.93. The smallest absolute Gasteiger partial charge is 0.314 e. The molecule has 0 radical (unpaired) electrons. The van der Waals surface area contributed by atoms with Gasteiger partial charge in [-0.1, -0.05) is 6.07 Å². The van der Waals surface area contributed by atoms with Crippen molar-refractivity contribution in [1.82, 2.24) is 0 Å². The normalized spacial score (nSPS) is 16.8. The molecule has 1 aromatic carbocycles. The van der Waals surface area contributed by atoms with E-state index in [1.165, 1.54) is 13.2 Å². The van der Waals surface area contributed by atoms with E-state index in [0.29, 0.717) is 24.1 Å². The van der Waals surface area contributed by atoms with E-state index in [2.05, 4.69) is 5.48 Å². The quantitative estimate of drug-likeness (QED) is 0.532. The molecule has 0 amide bonds. The predicted octanol–water partition coefficient (Wildman–Crippen LogP) is 1.48. The molecule has 2 rings (SSSR count). The fraction of sp³-hybridized carbons (Fsp3) is 0.364. The lowest BCUT2D eigenvalue weighted by Gasteiger charge is -2.13. The summed E-state index contributed by atoms with van der Waals surface area (Å²) in [4.78, 5) is 15.8. The van der Waals surface area contributed by atoms with E-state index in [0.717, 1.165) is 0 Å². The Morgan fingerprint density at radius 3 is 2.69 bits per heavy atom. The van der Waals surface area contributed by atoms with Gasteiger partial charge in [-0.3, -0.25) is 15.1 Å². The Labute approximate surface area is 92.6 Å². The number of nitrogens with one attached hydrogen (secondary N) is 1. The van der Waals surface area contributed by atoms with Gasteiger partial charge in [-0.2, -0.15) is 0 Å². The lowest BCUT2D eigenvalue weighted by atomic mass is 9.95. The van der Waals surface area contributed by atoms with E-state index < -0.39 is 11.4 Å². The fourth-order valence-electron chi connectivity index (χ4n) is 1.78. The van der Waals surface area contributed by atoms with Gasteiger partial charge in [0.2, 0.25) is 0 Å². The lowest BCUT2D eigenvalue weighted by molar-refractivity contribution is -0.140. The minimum absolute atomic E-state index is 0.0341. The third kappa shape index (κ3) is 1.59. The minimum Gasteiger partial charge on any atom is -0.506 e. The highest BCUT2D eigenvalue weighted by molar-refractivity contribution is 5.85. The third-order valence-corrected chi connectivity index (χ3v) is 2.92. The second kappa shape index (κ2) is 3.68. The van der Waals surface area contributed by atoms with Crippen molar-refractivity contribution in [1.29, 1.82) is 0 Å². The van der Waals surface area contributed by atoms with E-state index in [1.54, 1.807) is 12.1 Å². The van der Waals surface area contributed by atoms with Crippen molar-refractivity contribution in [3.05, 3.63) is 23.8 Å². The standard InChI is InChI=1S/C11H13NO4/c1-16-12-8-6-7(2-3-9(8)13)11(4-5-11)10(14)15/h2-3,6,12-13H,4-5H2,1H3,(H,14,15). The van der Waals surface area contributed by atoms with Gasteiger partial charge in [0.1, 0.15) is 11.4 Å². The number of phenolic OH excluding ortho intramolecular Hbond substituents is 1. The molecule has 1 aliphatic carbocycles. The fourth-order valence-corrected chi connectivity index (χ4v) is 1.78. The number of aliphatic carboxylic acids is 1. The highest BCUT2D eigenvalue weighted by Gasteiger charge is 2.51. The number of carboxylic acids is 1. The first kappa shape index (κ1) is 10.8. The van der Waals surface area contributed by atoms with Gasteiger partial charge in [0.05, 0.1) is 12.5 Å². The zero-order valence-corrected chi connectivity index (χ0v) is 8.86. The number of rotatable bonds is 4.